The second kappa shape index (κ2) is 11.0. The minimum atomic E-state index is -0.763. The van der Waals surface area contributed by atoms with E-state index in [9.17, 15) is 14.0 Å². The third kappa shape index (κ3) is 5.34. The first-order chi connectivity index (χ1) is 19.3. The van der Waals surface area contributed by atoms with Gasteiger partial charge < -0.3 is 20.8 Å². The highest BCUT2D eigenvalue weighted by Gasteiger charge is 2.19. The molecule has 11 heteroatoms. The van der Waals surface area contributed by atoms with Gasteiger partial charge in [0, 0.05) is 54.9 Å². The fourth-order valence-electron chi connectivity index (χ4n) is 4.04. The predicted molar refractivity (Wildman–Crippen MR) is 146 cm³/mol. The van der Waals surface area contributed by atoms with Crippen LogP contribution >= 0.6 is 0 Å². The lowest BCUT2D eigenvalue weighted by molar-refractivity contribution is 0.102. The van der Waals surface area contributed by atoms with Gasteiger partial charge in [0.05, 0.1) is 11.4 Å². The number of aromatic nitrogens is 3. The van der Waals surface area contributed by atoms with Gasteiger partial charge in [-0.3, -0.25) is 18.8 Å². The fourth-order valence-corrected chi connectivity index (χ4v) is 4.04. The van der Waals surface area contributed by atoms with Gasteiger partial charge in [-0.15, -0.1) is 0 Å². The summed E-state index contributed by atoms with van der Waals surface area (Å²) in [6, 6.07) is 13.8. The second-order valence-corrected chi connectivity index (χ2v) is 8.61. The number of nitrogens with one attached hydrogen (secondary N) is 3. The van der Waals surface area contributed by atoms with E-state index in [1.54, 1.807) is 30.2 Å². The standard InChI is InChI=1S/C29H22F2N6O3/c1-36-25(11-13-34-36)18-15-27(24(10-12-32)33-17-18)40-26-9-6-20(16-23(26)31)35-28(38)22-3-2-14-37(29(22)39)21-7-4-19(30)5-8-21/h2-17,32-33H,1H3,(H,35,38)/b24-10-,32-12?. The maximum absolute atomic E-state index is 15.1. The van der Waals surface area contributed by atoms with E-state index in [-0.39, 0.29) is 22.8 Å². The van der Waals surface area contributed by atoms with Crippen LogP contribution in [0.4, 0.5) is 14.5 Å². The summed E-state index contributed by atoms with van der Waals surface area (Å²) in [6.45, 7) is 0. The van der Waals surface area contributed by atoms with Gasteiger partial charge >= 0.3 is 0 Å². The molecule has 0 fully saturated rings. The van der Waals surface area contributed by atoms with Crippen LogP contribution in [0.2, 0.25) is 0 Å². The number of halogens is 2. The lowest BCUT2D eigenvalue weighted by atomic mass is 10.1. The molecule has 0 saturated heterocycles. The molecular formula is C29H22F2N6O3. The number of aryl methyl sites for hydroxylation is 1. The summed E-state index contributed by atoms with van der Waals surface area (Å²) in [5, 5.41) is 17.1. The van der Waals surface area contributed by atoms with Crippen LogP contribution in [-0.2, 0) is 7.05 Å². The van der Waals surface area contributed by atoms with Gasteiger partial charge in [-0.25, -0.2) is 8.78 Å². The first-order valence-corrected chi connectivity index (χ1v) is 12.0. The summed E-state index contributed by atoms with van der Waals surface area (Å²) in [7, 11) is 1.79. The van der Waals surface area contributed by atoms with Crippen LogP contribution in [0.25, 0.3) is 11.3 Å². The number of nitrogens with zero attached hydrogens (tertiary/aromatic N) is 3. The van der Waals surface area contributed by atoms with E-state index in [1.807, 2.05) is 6.07 Å². The van der Waals surface area contributed by atoms with Gasteiger partial charge in [-0.05, 0) is 66.7 Å². The number of benzene rings is 2. The third-order valence-corrected chi connectivity index (χ3v) is 6.01. The van der Waals surface area contributed by atoms with E-state index < -0.39 is 23.1 Å². The highest BCUT2D eigenvalue weighted by Crippen LogP contribution is 2.29. The minimum Gasteiger partial charge on any atom is -0.452 e. The van der Waals surface area contributed by atoms with Gasteiger partial charge in [0.1, 0.15) is 11.4 Å². The van der Waals surface area contributed by atoms with E-state index in [4.69, 9.17) is 10.1 Å². The molecule has 0 radical (unpaired) electrons. The van der Waals surface area contributed by atoms with Crippen molar-refractivity contribution in [2.75, 3.05) is 5.32 Å². The highest BCUT2D eigenvalue weighted by molar-refractivity contribution is 6.04. The van der Waals surface area contributed by atoms with Crippen molar-refractivity contribution in [2.24, 2.45) is 7.05 Å². The van der Waals surface area contributed by atoms with Crippen molar-refractivity contribution >= 4 is 23.4 Å². The van der Waals surface area contributed by atoms with Crippen molar-refractivity contribution in [3.63, 3.8) is 0 Å². The number of hydrogen-bond donors (Lipinski definition) is 3. The Morgan fingerprint density at radius 1 is 1.12 bits per heavy atom. The van der Waals surface area contributed by atoms with Crippen molar-refractivity contribution in [3.8, 4) is 11.4 Å². The van der Waals surface area contributed by atoms with Gasteiger partial charge in [-0.2, -0.15) is 5.10 Å². The predicted octanol–water partition coefficient (Wildman–Crippen LogP) is 4.54. The normalized spacial score (nSPS) is 13.7. The van der Waals surface area contributed by atoms with Gasteiger partial charge in [0.25, 0.3) is 11.5 Å². The number of hydrogen-bond acceptors (Lipinski definition) is 6. The molecule has 5 rings (SSSR count). The molecule has 2 aromatic carbocycles. The van der Waals surface area contributed by atoms with Crippen LogP contribution in [0, 0.1) is 17.0 Å². The maximum atomic E-state index is 15.1. The Morgan fingerprint density at radius 2 is 1.93 bits per heavy atom. The first-order valence-electron chi connectivity index (χ1n) is 12.0. The molecule has 3 N–H and O–H groups in total. The number of dihydropyridines is 1. The Labute approximate surface area is 226 Å². The molecule has 0 aliphatic carbocycles. The van der Waals surface area contributed by atoms with E-state index in [0.29, 0.717) is 11.4 Å². The Hall–Kier alpha value is -5.58. The molecule has 0 spiro atoms. The number of allylic oxidation sites excluding steroid dienone is 3. The topological polar surface area (TPSA) is 114 Å². The molecule has 3 heterocycles. The number of carbonyl (C=O) groups excluding carboxylic acids is 1. The number of rotatable bonds is 7. The summed E-state index contributed by atoms with van der Waals surface area (Å²) in [5.74, 6) is -1.81. The number of anilines is 1. The molecule has 0 unspecified atom stereocenters. The van der Waals surface area contributed by atoms with E-state index in [1.165, 1.54) is 65.4 Å². The Morgan fingerprint density at radius 3 is 2.62 bits per heavy atom. The molecule has 0 saturated carbocycles. The maximum Gasteiger partial charge on any atom is 0.267 e. The van der Waals surface area contributed by atoms with Crippen LogP contribution in [-0.4, -0.2) is 26.5 Å². The van der Waals surface area contributed by atoms with Gasteiger partial charge in [0.2, 0.25) is 0 Å². The Balaban J connectivity index is 1.36. The Kier molecular flexibility index (Phi) is 7.18. The summed E-state index contributed by atoms with van der Waals surface area (Å²) in [5.41, 5.74) is 1.66. The van der Waals surface area contributed by atoms with Crippen LogP contribution in [0.3, 0.4) is 0 Å². The smallest absolute Gasteiger partial charge is 0.267 e. The van der Waals surface area contributed by atoms with E-state index >= 15 is 4.39 Å². The molecule has 1 aliphatic rings. The minimum absolute atomic E-state index is 0.105. The quantitative estimate of drug-likeness (QED) is 0.298. The number of carbonyl (C=O) groups is 1. The van der Waals surface area contributed by atoms with Crippen molar-refractivity contribution in [2.45, 2.75) is 0 Å². The molecule has 2 aromatic heterocycles. The zero-order valence-corrected chi connectivity index (χ0v) is 21.1. The number of ether oxygens (including phenoxy) is 1. The zero-order chi connectivity index (χ0) is 28.2. The van der Waals surface area contributed by atoms with Crippen LogP contribution < -0.4 is 20.9 Å². The first kappa shape index (κ1) is 26.0. The molecule has 1 aliphatic heterocycles. The average Bonchev–Trinajstić information content (AvgIpc) is 3.37. The van der Waals surface area contributed by atoms with Gasteiger partial charge in [-0.1, -0.05) is 0 Å². The summed E-state index contributed by atoms with van der Waals surface area (Å²) >= 11 is 0. The van der Waals surface area contributed by atoms with Crippen LogP contribution in [0.1, 0.15) is 16.1 Å². The Bertz CT molecular complexity index is 1770. The average molecular weight is 541 g/mol. The molecular weight excluding hydrogens is 518 g/mol. The lowest BCUT2D eigenvalue weighted by Gasteiger charge is -2.19. The summed E-state index contributed by atoms with van der Waals surface area (Å²) in [6.07, 6.45) is 9.07. The molecule has 4 aromatic rings. The third-order valence-electron chi connectivity index (χ3n) is 6.01. The zero-order valence-electron chi connectivity index (χ0n) is 21.1. The SMILES string of the molecule is Cn1nccc1C1=CN/C(=C\C=N)C(Oc2ccc(NC(=O)c3cccn(-c4ccc(F)cc4)c3=O)cc2F)=C1. The van der Waals surface area contributed by atoms with E-state index in [2.05, 4.69) is 15.7 Å². The number of pyridine rings is 1. The van der Waals surface area contributed by atoms with E-state index in [0.717, 1.165) is 23.5 Å². The molecule has 1 amide bonds. The number of amides is 1. The second-order valence-electron chi connectivity index (χ2n) is 8.61. The molecule has 0 bridgehead atoms. The lowest BCUT2D eigenvalue weighted by Crippen LogP contribution is -2.27. The van der Waals surface area contributed by atoms with Crippen LogP contribution in [0.5, 0.6) is 5.75 Å². The van der Waals surface area contributed by atoms with Crippen LogP contribution in [0.15, 0.2) is 108 Å². The van der Waals surface area contributed by atoms with Crippen molar-refractivity contribution in [1.82, 2.24) is 19.7 Å². The van der Waals surface area contributed by atoms with Crippen molar-refractivity contribution < 1.29 is 18.3 Å². The monoisotopic (exact) mass is 540 g/mol. The summed E-state index contributed by atoms with van der Waals surface area (Å²) < 4.78 is 37.1. The van der Waals surface area contributed by atoms with Crippen molar-refractivity contribution in [1.29, 1.82) is 5.41 Å². The van der Waals surface area contributed by atoms with Gasteiger partial charge in [0.15, 0.2) is 17.3 Å². The summed E-state index contributed by atoms with van der Waals surface area (Å²) in [4.78, 5) is 25.8. The molecule has 9 nitrogen and oxygen atoms in total. The molecule has 0 atom stereocenters. The highest BCUT2D eigenvalue weighted by atomic mass is 19.1. The molecule has 200 valence electrons. The largest absolute Gasteiger partial charge is 0.452 e. The molecule has 40 heavy (non-hydrogen) atoms. The van der Waals surface area contributed by atoms with Crippen molar-refractivity contribution in [3.05, 3.63) is 136 Å². The fraction of sp³-hybridized carbons (Fsp3) is 0.0345.